The molecular weight excluding hydrogens is 252 g/mol. The number of nitrogens with two attached hydrogens (primary N) is 1. The van der Waals surface area contributed by atoms with Crippen molar-refractivity contribution in [2.45, 2.75) is 6.54 Å². The largest absolute Gasteiger partial charge is 0.381 e. The predicted octanol–water partition coefficient (Wildman–Crippen LogP) is -0.161. The molecule has 0 spiro atoms. The lowest BCUT2D eigenvalue weighted by molar-refractivity contribution is 0.158. The summed E-state index contributed by atoms with van der Waals surface area (Å²) in [5, 5.41) is 0. The summed E-state index contributed by atoms with van der Waals surface area (Å²) in [7, 11) is -3.24. The number of ether oxygens (including phenoxy) is 1. The van der Waals surface area contributed by atoms with Crippen molar-refractivity contribution in [3.05, 3.63) is 22.5 Å². The molecule has 1 rings (SSSR count). The van der Waals surface area contributed by atoms with Crippen LogP contribution in [0.15, 0.2) is 11.0 Å². The van der Waals surface area contributed by atoms with Crippen LogP contribution in [0.4, 0.5) is 10.2 Å². The van der Waals surface area contributed by atoms with Gasteiger partial charge in [0.1, 0.15) is 6.35 Å². The average molecular weight is 265 g/mol. The van der Waals surface area contributed by atoms with Gasteiger partial charge in [-0.25, -0.2) is 9.18 Å². The maximum atomic E-state index is 13.0. The van der Waals surface area contributed by atoms with Crippen LogP contribution in [0.3, 0.4) is 0 Å². The van der Waals surface area contributed by atoms with Crippen LogP contribution < -0.4 is 11.4 Å². The summed E-state index contributed by atoms with van der Waals surface area (Å²) in [6.07, 6.45) is 0.602. The van der Waals surface area contributed by atoms with Gasteiger partial charge < -0.3 is 15.4 Å². The Balaban J connectivity index is 2.56. The molecule has 0 aromatic carbocycles. The molecule has 1 heterocycles. The third-order valence-electron chi connectivity index (χ3n) is 1.78. The molecule has 0 aliphatic rings. The Morgan fingerprint density at radius 2 is 2.35 bits per heavy atom. The van der Waals surface area contributed by atoms with E-state index < -0.39 is 24.7 Å². The standard InChI is InChI=1S/C8H13FN3O4P/c1-17(14,15)5-16-3-2-12-4-6(9)7(10)11-8(12)13/h4H,2-3,5H2,1H3,(H,14,15)(H2,10,11,13). The Kier molecular flexibility index (Phi) is 4.39. The molecule has 96 valence electrons. The van der Waals surface area contributed by atoms with E-state index in [0.29, 0.717) is 0 Å². The first-order chi connectivity index (χ1) is 7.79. The molecule has 1 unspecified atom stereocenters. The average Bonchev–Trinajstić information content (AvgIpc) is 2.18. The highest BCUT2D eigenvalue weighted by atomic mass is 31.2. The summed E-state index contributed by atoms with van der Waals surface area (Å²) in [5.74, 6) is -1.26. The van der Waals surface area contributed by atoms with E-state index in [1.54, 1.807) is 0 Å². The molecule has 0 aliphatic carbocycles. The number of hydrogen-bond donors (Lipinski definition) is 2. The van der Waals surface area contributed by atoms with Crippen LogP contribution in [0.1, 0.15) is 0 Å². The molecule has 0 radical (unpaired) electrons. The van der Waals surface area contributed by atoms with Gasteiger partial charge in [-0.2, -0.15) is 4.98 Å². The Morgan fingerprint density at radius 3 is 2.94 bits per heavy atom. The number of aromatic nitrogens is 2. The summed E-state index contributed by atoms with van der Waals surface area (Å²) in [4.78, 5) is 23.4. The summed E-state index contributed by atoms with van der Waals surface area (Å²) >= 11 is 0. The molecule has 1 aromatic heterocycles. The van der Waals surface area contributed by atoms with Gasteiger partial charge in [-0.15, -0.1) is 0 Å². The van der Waals surface area contributed by atoms with E-state index in [-0.39, 0.29) is 19.5 Å². The highest BCUT2D eigenvalue weighted by Crippen LogP contribution is 2.34. The van der Waals surface area contributed by atoms with Gasteiger partial charge in [0.05, 0.1) is 13.2 Å². The zero-order chi connectivity index (χ0) is 13.1. The molecule has 9 heteroatoms. The fraction of sp³-hybridized carbons (Fsp3) is 0.500. The van der Waals surface area contributed by atoms with Crippen molar-refractivity contribution in [2.75, 3.05) is 25.4 Å². The van der Waals surface area contributed by atoms with Gasteiger partial charge in [-0.05, 0) is 0 Å². The molecule has 3 N–H and O–H groups in total. The number of halogens is 1. The van der Waals surface area contributed by atoms with Crippen molar-refractivity contribution >= 4 is 13.2 Å². The highest BCUT2D eigenvalue weighted by Gasteiger charge is 2.09. The topological polar surface area (TPSA) is 107 Å². The molecule has 17 heavy (non-hydrogen) atoms. The minimum absolute atomic E-state index is 0.00331. The molecule has 0 saturated carbocycles. The van der Waals surface area contributed by atoms with E-state index in [9.17, 15) is 13.8 Å². The van der Waals surface area contributed by atoms with Crippen LogP contribution in [0, 0.1) is 5.82 Å². The van der Waals surface area contributed by atoms with E-state index in [1.807, 2.05) is 0 Å². The Morgan fingerprint density at radius 1 is 1.71 bits per heavy atom. The van der Waals surface area contributed by atoms with Crippen molar-refractivity contribution in [1.82, 2.24) is 9.55 Å². The van der Waals surface area contributed by atoms with Crippen molar-refractivity contribution < 1.29 is 18.6 Å². The quantitative estimate of drug-likeness (QED) is 0.565. The van der Waals surface area contributed by atoms with Crippen molar-refractivity contribution in [3.63, 3.8) is 0 Å². The van der Waals surface area contributed by atoms with E-state index in [1.165, 1.54) is 0 Å². The summed E-state index contributed by atoms with van der Waals surface area (Å²) in [6, 6.07) is 0. The van der Waals surface area contributed by atoms with Crippen LogP contribution in [0.2, 0.25) is 0 Å². The molecule has 0 saturated heterocycles. The molecule has 0 aliphatic heterocycles. The van der Waals surface area contributed by atoms with Crippen LogP contribution >= 0.6 is 7.37 Å². The number of rotatable bonds is 5. The van der Waals surface area contributed by atoms with Gasteiger partial charge in [-0.3, -0.25) is 9.13 Å². The van der Waals surface area contributed by atoms with E-state index >= 15 is 0 Å². The van der Waals surface area contributed by atoms with Gasteiger partial charge in [0.2, 0.25) is 7.37 Å². The Hall–Kier alpha value is -1.24. The van der Waals surface area contributed by atoms with Crippen molar-refractivity contribution in [2.24, 2.45) is 0 Å². The van der Waals surface area contributed by atoms with Crippen molar-refractivity contribution in [3.8, 4) is 0 Å². The maximum absolute atomic E-state index is 13.0. The lowest BCUT2D eigenvalue weighted by Crippen LogP contribution is -2.26. The summed E-state index contributed by atoms with van der Waals surface area (Å²) in [6.45, 7) is 1.19. The molecule has 1 atom stereocenters. The van der Waals surface area contributed by atoms with Crippen LogP contribution in [-0.2, 0) is 15.8 Å². The van der Waals surface area contributed by atoms with E-state index in [0.717, 1.165) is 17.4 Å². The lowest BCUT2D eigenvalue weighted by Gasteiger charge is -2.08. The first-order valence-corrected chi connectivity index (χ1v) is 6.98. The van der Waals surface area contributed by atoms with Crippen LogP contribution in [-0.4, -0.2) is 34.1 Å². The van der Waals surface area contributed by atoms with Gasteiger partial charge in [0, 0.05) is 12.9 Å². The molecule has 0 fully saturated rings. The second kappa shape index (κ2) is 5.39. The summed E-state index contributed by atoms with van der Waals surface area (Å²) in [5.41, 5.74) is 4.40. The number of anilines is 1. The minimum Gasteiger partial charge on any atom is -0.381 e. The molecular formula is C8H13FN3O4P. The lowest BCUT2D eigenvalue weighted by atomic mass is 10.5. The maximum Gasteiger partial charge on any atom is 0.349 e. The van der Waals surface area contributed by atoms with E-state index in [2.05, 4.69) is 4.98 Å². The highest BCUT2D eigenvalue weighted by molar-refractivity contribution is 7.56. The number of nitrogens with zero attached hydrogens (tertiary/aromatic N) is 2. The summed E-state index contributed by atoms with van der Waals surface area (Å²) < 4.78 is 29.7. The van der Waals surface area contributed by atoms with E-state index in [4.69, 9.17) is 15.4 Å². The SMILES string of the molecule is CP(=O)(O)COCCn1cc(F)c(N)nc1=O. The first-order valence-electron chi connectivity index (χ1n) is 4.69. The molecule has 7 nitrogen and oxygen atoms in total. The normalized spacial score (nSPS) is 14.5. The predicted molar refractivity (Wildman–Crippen MR) is 59.4 cm³/mol. The number of hydrogen-bond acceptors (Lipinski definition) is 5. The molecule has 0 amide bonds. The second-order valence-electron chi connectivity index (χ2n) is 3.54. The Bertz CT molecular complexity index is 498. The van der Waals surface area contributed by atoms with Crippen LogP contribution in [0.5, 0.6) is 0 Å². The van der Waals surface area contributed by atoms with Crippen molar-refractivity contribution in [1.29, 1.82) is 0 Å². The fourth-order valence-electron chi connectivity index (χ4n) is 1.04. The van der Waals surface area contributed by atoms with Gasteiger partial charge in [-0.1, -0.05) is 0 Å². The van der Waals surface area contributed by atoms with Gasteiger partial charge >= 0.3 is 5.69 Å². The smallest absolute Gasteiger partial charge is 0.349 e. The third-order valence-corrected chi connectivity index (χ3v) is 2.44. The third kappa shape index (κ3) is 4.64. The van der Waals surface area contributed by atoms with Crippen LogP contribution in [0.25, 0.3) is 0 Å². The Labute approximate surface area is 96.5 Å². The first kappa shape index (κ1) is 13.8. The zero-order valence-corrected chi connectivity index (χ0v) is 10.1. The monoisotopic (exact) mass is 265 g/mol. The van der Waals surface area contributed by atoms with Gasteiger partial charge in [0.15, 0.2) is 11.6 Å². The number of nitrogen functional groups attached to an aromatic ring is 1. The van der Waals surface area contributed by atoms with Gasteiger partial charge in [0.25, 0.3) is 0 Å². The molecule has 1 aromatic rings. The second-order valence-corrected chi connectivity index (χ2v) is 5.90. The fourth-order valence-corrected chi connectivity index (χ4v) is 1.50. The minimum atomic E-state index is -3.24. The zero-order valence-electron chi connectivity index (χ0n) is 9.17. The molecule has 0 bridgehead atoms.